The molecule has 0 bridgehead atoms. The van der Waals surface area contributed by atoms with Gasteiger partial charge in [-0.15, -0.1) is 0 Å². The molecular weight excluding hydrogens is 266 g/mol. The molecule has 1 aromatic heterocycles. The zero-order valence-electron chi connectivity index (χ0n) is 10.1. The minimum Gasteiger partial charge on any atom is -0.399 e. The molecule has 2 heterocycles. The number of carbonyl (C=O) groups excluding carboxylic acids is 1. The minimum absolute atomic E-state index is 0.0199. The van der Waals surface area contributed by atoms with E-state index in [4.69, 9.17) is 15.2 Å². The van der Waals surface area contributed by atoms with Crippen molar-refractivity contribution >= 4 is 38.3 Å². The Hall–Kier alpha value is -1.70. The normalized spacial score (nSPS) is 15.4. The van der Waals surface area contributed by atoms with Crippen molar-refractivity contribution < 1.29 is 14.3 Å². The average Bonchev–Trinajstić information content (AvgIpc) is 2.68. The summed E-state index contributed by atoms with van der Waals surface area (Å²) in [5.74, 6) is -0.209. The van der Waals surface area contributed by atoms with Crippen LogP contribution in [0.1, 0.15) is 0 Å². The Kier molecular flexibility index (Phi) is 3.33. The van der Waals surface area contributed by atoms with E-state index in [1.807, 2.05) is 12.1 Å². The van der Waals surface area contributed by atoms with Crippen molar-refractivity contribution in [3.8, 4) is 0 Å². The number of ether oxygens (including phenoxy) is 2. The Morgan fingerprint density at radius 1 is 1.58 bits per heavy atom. The molecule has 0 aliphatic carbocycles. The summed E-state index contributed by atoms with van der Waals surface area (Å²) in [6.45, 7) is 1.15. The summed E-state index contributed by atoms with van der Waals surface area (Å²) < 4.78 is 11.2. The maximum Gasteiger partial charge on any atom is 0.252 e. The Labute approximate surface area is 113 Å². The number of fused-ring (bicyclic) bond motifs is 1. The van der Waals surface area contributed by atoms with E-state index >= 15 is 0 Å². The first kappa shape index (κ1) is 12.3. The summed E-state index contributed by atoms with van der Waals surface area (Å²) in [6, 6.07) is 5.46. The quantitative estimate of drug-likeness (QED) is 0.822. The third-order valence-corrected chi connectivity index (χ3v) is 3.65. The highest BCUT2D eigenvalue weighted by Gasteiger charge is 2.20. The van der Waals surface area contributed by atoms with Gasteiger partial charge in [-0.3, -0.25) is 10.1 Å². The largest absolute Gasteiger partial charge is 0.399 e. The molecule has 1 amide bonds. The molecule has 0 spiro atoms. The molecule has 0 atom stereocenters. The number of nitrogens with zero attached hydrogens (tertiary/aromatic N) is 1. The molecule has 1 saturated heterocycles. The number of aromatic nitrogens is 1. The number of nitrogens with two attached hydrogens (primary N) is 1. The molecule has 1 aliphatic heterocycles. The number of thiazole rings is 1. The zero-order chi connectivity index (χ0) is 13.2. The van der Waals surface area contributed by atoms with E-state index in [0.717, 1.165) is 10.2 Å². The lowest BCUT2D eigenvalue weighted by atomic mass is 10.3. The first-order valence-electron chi connectivity index (χ1n) is 5.86. The number of rotatable bonds is 4. The van der Waals surface area contributed by atoms with Crippen LogP contribution < -0.4 is 11.1 Å². The topological polar surface area (TPSA) is 86.5 Å². The smallest absolute Gasteiger partial charge is 0.252 e. The van der Waals surface area contributed by atoms with E-state index in [1.54, 1.807) is 6.07 Å². The molecule has 1 aromatic carbocycles. The fourth-order valence-electron chi connectivity index (χ4n) is 1.65. The number of hydrogen-bond donors (Lipinski definition) is 2. The summed E-state index contributed by atoms with van der Waals surface area (Å²) in [5.41, 5.74) is 7.20. The highest BCUT2D eigenvalue weighted by molar-refractivity contribution is 7.22. The zero-order valence-corrected chi connectivity index (χ0v) is 10.9. The number of amides is 1. The number of anilines is 2. The van der Waals surface area contributed by atoms with Crippen molar-refractivity contribution in [1.82, 2.24) is 4.98 Å². The predicted octanol–water partition coefficient (Wildman–Crippen LogP) is 1.23. The second-order valence-corrected chi connectivity index (χ2v) is 5.30. The molecule has 0 saturated carbocycles. The highest BCUT2D eigenvalue weighted by Crippen LogP contribution is 2.27. The van der Waals surface area contributed by atoms with Gasteiger partial charge in [0.05, 0.1) is 23.4 Å². The number of benzene rings is 1. The van der Waals surface area contributed by atoms with Crippen LogP contribution in [0.25, 0.3) is 10.2 Å². The predicted molar refractivity (Wildman–Crippen MR) is 73.2 cm³/mol. The monoisotopic (exact) mass is 279 g/mol. The van der Waals surface area contributed by atoms with Crippen LogP contribution in [0.15, 0.2) is 18.2 Å². The van der Waals surface area contributed by atoms with Gasteiger partial charge in [-0.25, -0.2) is 4.98 Å². The van der Waals surface area contributed by atoms with Crippen molar-refractivity contribution in [3.05, 3.63) is 18.2 Å². The SMILES string of the molecule is Nc1ccc2nc(NC(=O)COC3COC3)sc2c1. The molecule has 19 heavy (non-hydrogen) atoms. The van der Waals surface area contributed by atoms with Gasteiger partial charge >= 0.3 is 0 Å². The molecule has 6 nitrogen and oxygen atoms in total. The van der Waals surface area contributed by atoms with Gasteiger partial charge in [-0.05, 0) is 18.2 Å². The number of hydrogen-bond acceptors (Lipinski definition) is 6. The second-order valence-electron chi connectivity index (χ2n) is 4.26. The molecule has 3 N–H and O–H groups in total. The molecule has 0 radical (unpaired) electrons. The van der Waals surface area contributed by atoms with Crippen LogP contribution >= 0.6 is 11.3 Å². The van der Waals surface area contributed by atoms with Gasteiger partial charge in [0.1, 0.15) is 12.7 Å². The van der Waals surface area contributed by atoms with Gasteiger partial charge < -0.3 is 15.2 Å². The summed E-state index contributed by atoms with van der Waals surface area (Å²) in [5, 5.41) is 3.27. The highest BCUT2D eigenvalue weighted by atomic mass is 32.1. The van der Waals surface area contributed by atoms with Crippen LogP contribution in [0.4, 0.5) is 10.8 Å². The van der Waals surface area contributed by atoms with Crippen molar-refractivity contribution in [1.29, 1.82) is 0 Å². The van der Waals surface area contributed by atoms with Gasteiger partial charge in [-0.1, -0.05) is 11.3 Å². The minimum atomic E-state index is -0.209. The Balaban J connectivity index is 1.62. The van der Waals surface area contributed by atoms with Crippen molar-refractivity contribution in [2.45, 2.75) is 6.10 Å². The van der Waals surface area contributed by atoms with E-state index < -0.39 is 0 Å². The second kappa shape index (κ2) is 5.12. The Bertz CT molecular complexity index is 609. The number of carbonyl (C=O) groups is 1. The lowest BCUT2D eigenvalue weighted by Crippen LogP contribution is -2.38. The summed E-state index contributed by atoms with van der Waals surface area (Å²) >= 11 is 1.39. The van der Waals surface area contributed by atoms with Crippen LogP contribution in [0.5, 0.6) is 0 Å². The van der Waals surface area contributed by atoms with Crippen molar-refractivity contribution in [2.24, 2.45) is 0 Å². The molecule has 1 aliphatic rings. The van der Waals surface area contributed by atoms with Crippen LogP contribution in [-0.2, 0) is 14.3 Å². The van der Waals surface area contributed by atoms with Crippen LogP contribution in [0, 0.1) is 0 Å². The number of nitrogen functional groups attached to an aromatic ring is 1. The lowest BCUT2D eigenvalue weighted by Gasteiger charge is -2.25. The van der Waals surface area contributed by atoms with E-state index in [0.29, 0.717) is 24.0 Å². The van der Waals surface area contributed by atoms with Crippen LogP contribution in [0.2, 0.25) is 0 Å². The van der Waals surface area contributed by atoms with Gasteiger partial charge in [0, 0.05) is 5.69 Å². The van der Waals surface area contributed by atoms with E-state index in [9.17, 15) is 4.79 Å². The van der Waals surface area contributed by atoms with Crippen LogP contribution in [-0.4, -0.2) is 36.8 Å². The summed E-state index contributed by atoms with van der Waals surface area (Å²) in [4.78, 5) is 16.0. The van der Waals surface area contributed by atoms with Gasteiger partial charge in [0.25, 0.3) is 5.91 Å². The first-order valence-corrected chi connectivity index (χ1v) is 6.67. The first-order chi connectivity index (χ1) is 9.20. The molecular formula is C12H13N3O3S. The third kappa shape index (κ3) is 2.83. The van der Waals surface area contributed by atoms with Crippen molar-refractivity contribution in [3.63, 3.8) is 0 Å². The average molecular weight is 279 g/mol. The fraction of sp³-hybridized carbons (Fsp3) is 0.333. The van der Waals surface area contributed by atoms with Gasteiger partial charge in [0.15, 0.2) is 5.13 Å². The summed E-state index contributed by atoms with van der Waals surface area (Å²) in [7, 11) is 0. The Morgan fingerprint density at radius 2 is 2.42 bits per heavy atom. The maximum atomic E-state index is 11.7. The summed E-state index contributed by atoms with van der Waals surface area (Å²) in [6.07, 6.45) is 0.0425. The molecule has 7 heteroatoms. The third-order valence-electron chi connectivity index (χ3n) is 2.72. The van der Waals surface area contributed by atoms with E-state index in [-0.39, 0.29) is 18.6 Å². The fourth-order valence-corrected chi connectivity index (χ4v) is 2.58. The van der Waals surface area contributed by atoms with E-state index in [1.165, 1.54) is 11.3 Å². The standard InChI is InChI=1S/C12H13N3O3S/c13-7-1-2-9-10(3-7)19-12(14-9)15-11(16)6-18-8-4-17-5-8/h1-3,8H,4-6,13H2,(H,14,15,16). The van der Waals surface area contributed by atoms with E-state index in [2.05, 4.69) is 10.3 Å². The van der Waals surface area contributed by atoms with Crippen molar-refractivity contribution in [2.75, 3.05) is 30.9 Å². The maximum absolute atomic E-state index is 11.7. The molecule has 1 fully saturated rings. The molecule has 3 rings (SSSR count). The van der Waals surface area contributed by atoms with Gasteiger partial charge in [-0.2, -0.15) is 0 Å². The number of nitrogens with one attached hydrogen (secondary N) is 1. The Morgan fingerprint density at radius 3 is 3.16 bits per heavy atom. The molecule has 2 aromatic rings. The lowest BCUT2D eigenvalue weighted by molar-refractivity contribution is -0.144. The van der Waals surface area contributed by atoms with Gasteiger partial charge in [0.2, 0.25) is 0 Å². The molecule has 100 valence electrons. The molecule has 0 unspecified atom stereocenters. The van der Waals surface area contributed by atoms with Crippen LogP contribution in [0.3, 0.4) is 0 Å².